The van der Waals surface area contributed by atoms with Crippen LogP contribution in [0.2, 0.25) is 0 Å². The lowest BCUT2D eigenvalue weighted by atomic mass is 9.81. The number of nitrogens with one attached hydrogen (secondary N) is 1. The molecule has 1 aliphatic carbocycles. The fourth-order valence-electron chi connectivity index (χ4n) is 3.09. The van der Waals surface area contributed by atoms with Crippen LogP contribution in [0.15, 0.2) is 36.7 Å². The molecule has 2 unspecified atom stereocenters. The van der Waals surface area contributed by atoms with E-state index in [4.69, 9.17) is 0 Å². The van der Waals surface area contributed by atoms with Gasteiger partial charge in [-0.1, -0.05) is 36.4 Å². The zero-order chi connectivity index (χ0) is 13.8. The Kier molecular flexibility index (Phi) is 4.11. The fraction of sp³-hybridized carbons (Fsp3) is 0.500. The van der Waals surface area contributed by atoms with Crippen molar-refractivity contribution < 1.29 is 0 Å². The minimum atomic E-state index is 0.512. The molecule has 0 aliphatic heterocycles. The van der Waals surface area contributed by atoms with Gasteiger partial charge < -0.3 is 5.32 Å². The molecule has 2 atom stereocenters. The average Bonchev–Trinajstić information content (AvgIpc) is 2.99. The lowest BCUT2D eigenvalue weighted by Gasteiger charge is -2.30. The number of rotatable bonds is 5. The van der Waals surface area contributed by atoms with E-state index < -0.39 is 0 Å². The summed E-state index contributed by atoms with van der Waals surface area (Å²) in [6.07, 6.45) is 7.24. The largest absolute Gasteiger partial charge is 0.310 e. The molecule has 0 saturated carbocycles. The van der Waals surface area contributed by atoms with Gasteiger partial charge in [0.05, 0.1) is 6.20 Å². The van der Waals surface area contributed by atoms with E-state index in [1.54, 1.807) is 6.20 Å². The van der Waals surface area contributed by atoms with Crippen molar-refractivity contribution >= 4 is 0 Å². The van der Waals surface area contributed by atoms with Gasteiger partial charge in [0.2, 0.25) is 0 Å². The normalized spacial score (nSPS) is 21.6. The predicted octanol–water partition coefficient (Wildman–Crippen LogP) is 2.90. The van der Waals surface area contributed by atoms with E-state index >= 15 is 0 Å². The molecule has 20 heavy (non-hydrogen) atoms. The van der Waals surface area contributed by atoms with Crippen molar-refractivity contribution in [3.8, 4) is 0 Å². The number of fused-ring (bicyclic) bond motifs is 1. The molecule has 1 aliphatic rings. The van der Waals surface area contributed by atoms with Crippen LogP contribution in [0, 0.1) is 0 Å². The molecule has 2 aromatic rings. The Balaban J connectivity index is 1.54. The van der Waals surface area contributed by atoms with Crippen LogP contribution < -0.4 is 5.32 Å². The van der Waals surface area contributed by atoms with Crippen LogP contribution in [-0.4, -0.2) is 21.5 Å². The first kappa shape index (κ1) is 13.3. The van der Waals surface area contributed by atoms with E-state index in [0.717, 1.165) is 19.5 Å². The Bertz CT molecular complexity index is 535. The van der Waals surface area contributed by atoms with Crippen molar-refractivity contribution in [2.24, 2.45) is 0 Å². The summed E-state index contributed by atoms with van der Waals surface area (Å²) in [5, 5.41) is 11.5. The smallest absolute Gasteiger partial charge is 0.0692 e. The van der Waals surface area contributed by atoms with Crippen molar-refractivity contribution in [2.45, 2.75) is 44.7 Å². The molecule has 0 radical (unpaired) electrons. The molecule has 1 aromatic carbocycles. The van der Waals surface area contributed by atoms with Gasteiger partial charge in [0.1, 0.15) is 0 Å². The van der Waals surface area contributed by atoms with Crippen LogP contribution in [0.25, 0.3) is 0 Å². The third-order valence-corrected chi connectivity index (χ3v) is 4.22. The maximum absolute atomic E-state index is 3.99. The standard InChI is InChI=1S/C16H22N4/c1-13-7-8-16(15-6-3-2-5-14(13)15)17-9-4-11-20-12-10-18-19-20/h2-3,5-6,10,12-13,16-17H,4,7-9,11H2,1H3. The number of aryl methyl sites for hydroxylation is 1. The Labute approximate surface area is 120 Å². The van der Waals surface area contributed by atoms with Gasteiger partial charge in [-0.2, -0.15) is 0 Å². The molecule has 1 aromatic heterocycles. The minimum Gasteiger partial charge on any atom is -0.310 e. The molecule has 1 heterocycles. The summed E-state index contributed by atoms with van der Waals surface area (Å²) >= 11 is 0. The fourth-order valence-corrected chi connectivity index (χ4v) is 3.09. The van der Waals surface area contributed by atoms with Gasteiger partial charge in [0.25, 0.3) is 0 Å². The summed E-state index contributed by atoms with van der Waals surface area (Å²) in [4.78, 5) is 0. The third-order valence-electron chi connectivity index (χ3n) is 4.22. The molecule has 106 valence electrons. The van der Waals surface area contributed by atoms with Crippen molar-refractivity contribution in [1.82, 2.24) is 20.3 Å². The van der Waals surface area contributed by atoms with E-state index in [0.29, 0.717) is 12.0 Å². The minimum absolute atomic E-state index is 0.512. The zero-order valence-electron chi connectivity index (χ0n) is 12.0. The van der Waals surface area contributed by atoms with Gasteiger partial charge >= 0.3 is 0 Å². The monoisotopic (exact) mass is 270 g/mol. The SMILES string of the molecule is CC1CCC(NCCCn2ccnn2)c2ccccc21. The van der Waals surface area contributed by atoms with Gasteiger partial charge in [-0.15, -0.1) is 5.10 Å². The lowest BCUT2D eigenvalue weighted by molar-refractivity contribution is 0.418. The number of hydrogen-bond acceptors (Lipinski definition) is 3. The summed E-state index contributed by atoms with van der Waals surface area (Å²) in [6, 6.07) is 9.38. The first-order valence-corrected chi connectivity index (χ1v) is 7.51. The molecule has 0 saturated heterocycles. The molecule has 3 rings (SSSR count). The molecule has 1 N–H and O–H groups in total. The van der Waals surface area contributed by atoms with Gasteiger partial charge in [0, 0.05) is 18.8 Å². The second-order valence-electron chi connectivity index (χ2n) is 5.63. The highest BCUT2D eigenvalue weighted by molar-refractivity contribution is 5.34. The van der Waals surface area contributed by atoms with Crippen LogP contribution in [0.4, 0.5) is 0 Å². The zero-order valence-corrected chi connectivity index (χ0v) is 12.0. The second-order valence-corrected chi connectivity index (χ2v) is 5.63. The van der Waals surface area contributed by atoms with Crippen molar-refractivity contribution in [2.75, 3.05) is 6.54 Å². The quantitative estimate of drug-likeness (QED) is 0.850. The summed E-state index contributed by atoms with van der Waals surface area (Å²) in [5.74, 6) is 0.694. The Morgan fingerprint density at radius 1 is 1.25 bits per heavy atom. The molecule has 4 nitrogen and oxygen atoms in total. The topological polar surface area (TPSA) is 42.7 Å². The van der Waals surface area contributed by atoms with Gasteiger partial charge in [-0.05, 0) is 42.9 Å². The molecular formula is C16H22N4. The average molecular weight is 270 g/mol. The highest BCUT2D eigenvalue weighted by atomic mass is 15.4. The van der Waals surface area contributed by atoms with Crippen molar-refractivity contribution in [3.63, 3.8) is 0 Å². The molecule has 0 fully saturated rings. The Morgan fingerprint density at radius 2 is 2.10 bits per heavy atom. The number of hydrogen-bond donors (Lipinski definition) is 1. The van der Waals surface area contributed by atoms with E-state index in [1.807, 2.05) is 10.9 Å². The number of benzene rings is 1. The van der Waals surface area contributed by atoms with Gasteiger partial charge in [-0.25, -0.2) is 0 Å². The van der Waals surface area contributed by atoms with Crippen molar-refractivity contribution in [1.29, 1.82) is 0 Å². The first-order valence-electron chi connectivity index (χ1n) is 7.51. The second kappa shape index (κ2) is 6.18. The predicted molar refractivity (Wildman–Crippen MR) is 79.5 cm³/mol. The highest BCUT2D eigenvalue weighted by Crippen LogP contribution is 2.36. The number of nitrogens with zero attached hydrogens (tertiary/aromatic N) is 3. The van der Waals surface area contributed by atoms with Crippen LogP contribution in [-0.2, 0) is 6.54 Å². The molecular weight excluding hydrogens is 248 g/mol. The van der Waals surface area contributed by atoms with E-state index in [-0.39, 0.29) is 0 Å². The Hall–Kier alpha value is -1.68. The van der Waals surface area contributed by atoms with Crippen LogP contribution in [0.1, 0.15) is 49.3 Å². The third kappa shape index (κ3) is 2.90. The van der Waals surface area contributed by atoms with Gasteiger partial charge in [-0.3, -0.25) is 4.68 Å². The summed E-state index contributed by atoms with van der Waals surface area (Å²) in [7, 11) is 0. The van der Waals surface area contributed by atoms with Crippen molar-refractivity contribution in [3.05, 3.63) is 47.8 Å². The molecule has 0 bridgehead atoms. The van der Waals surface area contributed by atoms with E-state index in [2.05, 4.69) is 46.8 Å². The lowest BCUT2D eigenvalue weighted by Crippen LogP contribution is -2.27. The maximum atomic E-state index is 3.99. The molecule has 0 amide bonds. The van der Waals surface area contributed by atoms with Crippen LogP contribution in [0.5, 0.6) is 0 Å². The molecule has 0 spiro atoms. The maximum Gasteiger partial charge on any atom is 0.0692 e. The Morgan fingerprint density at radius 3 is 2.90 bits per heavy atom. The van der Waals surface area contributed by atoms with Crippen LogP contribution >= 0.6 is 0 Å². The van der Waals surface area contributed by atoms with E-state index in [1.165, 1.54) is 24.0 Å². The van der Waals surface area contributed by atoms with E-state index in [9.17, 15) is 0 Å². The van der Waals surface area contributed by atoms with Crippen LogP contribution in [0.3, 0.4) is 0 Å². The first-order chi connectivity index (χ1) is 9.84. The summed E-state index contributed by atoms with van der Waals surface area (Å²) in [6.45, 7) is 4.28. The number of aromatic nitrogens is 3. The summed E-state index contributed by atoms with van der Waals surface area (Å²) in [5.41, 5.74) is 3.01. The van der Waals surface area contributed by atoms with Gasteiger partial charge in [0.15, 0.2) is 0 Å². The highest BCUT2D eigenvalue weighted by Gasteiger charge is 2.23. The summed E-state index contributed by atoms with van der Waals surface area (Å²) < 4.78 is 1.89. The molecule has 4 heteroatoms.